The van der Waals surface area contributed by atoms with E-state index >= 15 is 0 Å². The normalized spacial score (nSPS) is 16.4. The van der Waals surface area contributed by atoms with E-state index in [0.29, 0.717) is 10.5 Å². The van der Waals surface area contributed by atoms with Gasteiger partial charge >= 0.3 is 0 Å². The fraction of sp³-hybridized carbons (Fsp3) is 0.0588. The number of benzene rings is 2. The highest BCUT2D eigenvalue weighted by atomic mass is 79.9. The average Bonchev–Trinajstić information content (AvgIpc) is 2.77. The Bertz CT molecular complexity index is 804. The minimum absolute atomic E-state index is 0.221. The Balaban J connectivity index is 1.81. The van der Waals surface area contributed by atoms with Crippen LogP contribution in [0.3, 0.4) is 0 Å². The van der Waals surface area contributed by atoms with Gasteiger partial charge in [-0.25, -0.2) is 4.39 Å². The minimum Gasteiger partial charge on any atom is -0.268 e. The topological polar surface area (TPSA) is 37.4 Å². The molecule has 0 bridgehead atoms. The Hall–Kier alpha value is -1.92. The number of carbonyl (C=O) groups excluding carboxylic acids is 2. The van der Waals surface area contributed by atoms with Crippen LogP contribution in [-0.2, 0) is 11.3 Å². The highest BCUT2D eigenvalue weighted by molar-refractivity contribution is 9.10. The van der Waals surface area contributed by atoms with Crippen LogP contribution in [0.15, 0.2) is 57.9 Å². The standard InChI is InChI=1S/C17H11BrFNO2S/c18-13-6-4-11(5-7-13)10-20-16(21)15(23-17(20)22)9-12-2-1-3-14(19)8-12/h1-9H,10H2/b15-9-. The van der Waals surface area contributed by atoms with Crippen LogP contribution in [0.4, 0.5) is 9.18 Å². The molecule has 1 heterocycles. The number of hydrogen-bond acceptors (Lipinski definition) is 3. The summed E-state index contributed by atoms with van der Waals surface area (Å²) in [5.74, 6) is -0.736. The first-order valence-electron chi connectivity index (χ1n) is 6.78. The second kappa shape index (κ2) is 6.68. The van der Waals surface area contributed by atoms with Gasteiger partial charge in [-0.15, -0.1) is 0 Å². The third-order valence-corrected chi connectivity index (χ3v) is 4.71. The lowest BCUT2D eigenvalue weighted by molar-refractivity contribution is -0.123. The molecular formula is C17H11BrFNO2S. The number of rotatable bonds is 3. The summed E-state index contributed by atoms with van der Waals surface area (Å²) >= 11 is 4.21. The highest BCUT2D eigenvalue weighted by Gasteiger charge is 2.34. The van der Waals surface area contributed by atoms with Gasteiger partial charge in [-0.05, 0) is 53.2 Å². The number of nitrogens with zero attached hydrogens (tertiary/aromatic N) is 1. The molecule has 6 heteroatoms. The molecule has 0 aliphatic carbocycles. The van der Waals surface area contributed by atoms with E-state index in [4.69, 9.17) is 0 Å². The van der Waals surface area contributed by atoms with Crippen molar-refractivity contribution in [3.05, 3.63) is 74.9 Å². The molecule has 3 nitrogen and oxygen atoms in total. The zero-order valence-corrected chi connectivity index (χ0v) is 14.2. The SMILES string of the molecule is O=C1S/C(=C\c2cccc(F)c2)C(=O)N1Cc1ccc(Br)cc1. The summed E-state index contributed by atoms with van der Waals surface area (Å²) in [6, 6.07) is 13.3. The lowest BCUT2D eigenvalue weighted by Gasteiger charge is -2.12. The van der Waals surface area contributed by atoms with Crippen molar-refractivity contribution in [3.63, 3.8) is 0 Å². The molecule has 0 aromatic heterocycles. The smallest absolute Gasteiger partial charge is 0.268 e. The second-order valence-electron chi connectivity index (χ2n) is 4.95. The van der Waals surface area contributed by atoms with E-state index in [-0.39, 0.29) is 23.5 Å². The maximum atomic E-state index is 13.2. The Morgan fingerprint density at radius 2 is 1.87 bits per heavy atom. The maximum absolute atomic E-state index is 13.2. The quantitative estimate of drug-likeness (QED) is 0.703. The van der Waals surface area contributed by atoms with Gasteiger partial charge in [0.2, 0.25) is 0 Å². The molecule has 3 rings (SSSR count). The lowest BCUT2D eigenvalue weighted by Crippen LogP contribution is -2.27. The van der Waals surface area contributed by atoms with Gasteiger partial charge in [0.1, 0.15) is 5.82 Å². The molecule has 0 spiro atoms. The van der Waals surface area contributed by atoms with Crippen molar-refractivity contribution in [2.24, 2.45) is 0 Å². The number of halogens is 2. The van der Waals surface area contributed by atoms with Crippen LogP contribution < -0.4 is 0 Å². The van der Waals surface area contributed by atoms with Crippen LogP contribution in [0.25, 0.3) is 6.08 Å². The number of amides is 2. The average molecular weight is 392 g/mol. The van der Waals surface area contributed by atoms with E-state index in [1.54, 1.807) is 12.1 Å². The van der Waals surface area contributed by atoms with Gasteiger partial charge in [-0.1, -0.05) is 40.2 Å². The molecule has 116 valence electrons. The predicted molar refractivity (Wildman–Crippen MR) is 92.1 cm³/mol. The van der Waals surface area contributed by atoms with Crippen molar-refractivity contribution in [2.75, 3.05) is 0 Å². The molecule has 0 N–H and O–H groups in total. The maximum Gasteiger partial charge on any atom is 0.293 e. The van der Waals surface area contributed by atoms with Gasteiger partial charge in [0.15, 0.2) is 0 Å². The molecule has 1 fully saturated rings. The molecule has 2 aromatic rings. The molecule has 2 aromatic carbocycles. The molecule has 1 aliphatic rings. The summed E-state index contributed by atoms with van der Waals surface area (Å²) in [7, 11) is 0. The summed E-state index contributed by atoms with van der Waals surface area (Å²) in [5, 5.41) is -0.319. The van der Waals surface area contributed by atoms with Crippen molar-refractivity contribution in [2.45, 2.75) is 6.54 Å². The van der Waals surface area contributed by atoms with Gasteiger partial charge in [0.25, 0.3) is 11.1 Å². The van der Waals surface area contributed by atoms with Gasteiger partial charge in [-0.3, -0.25) is 14.5 Å². The Morgan fingerprint density at radius 3 is 2.57 bits per heavy atom. The van der Waals surface area contributed by atoms with Crippen LogP contribution in [0.5, 0.6) is 0 Å². The Labute approximate surface area is 145 Å². The predicted octanol–water partition coefficient (Wildman–Crippen LogP) is 4.82. The number of carbonyl (C=O) groups is 2. The molecule has 0 atom stereocenters. The van der Waals surface area contributed by atoms with E-state index in [1.165, 1.54) is 23.1 Å². The number of thioether (sulfide) groups is 1. The lowest BCUT2D eigenvalue weighted by atomic mass is 10.2. The summed E-state index contributed by atoms with van der Waals surface area (Å²) in [6.07, 6.45) is 1.54. The van der Waals surface area contributed by atoms with Gasteiger partial charge in [-0.2, -0.15) is 0 Å². The summed E-state index contributed by atoms with van der Waals surface area (Å²) < 4.78 is 14.1. The first-order valence-corrected chi connectivity index (χ1v) is 8.39. The largest absolute Gasteiger partial charge is 0.293 e. The van der Waals surface area contributed by atoms with Crippen LogP contribution in [0.2, 0.25) is 0 Å². The first-order chi connectivity index (χ1) is 11.0. The van der Waals surface area contributed by atoms with Crippen molar-refractivity contribution in [3.8, 4) is 0 Å². The van der Waals surface area contributed by atoms with Crippen molar-refractivity contribution in [1.82, 2.24) is 4.90 Å². The fourth-order valence-electron chi connectivity index (χ4n) is 2.16. The summed E-state index contributed by atoms with van der Waals surface area (Å²) in [4.78, 5) is 26.0. The number of imide groups is 1. The summed E-state index contributed by atoms with van der Waals surface area (Å²) in [6.45, 7) is 0.221. The first kappa shape index (κ1) is 16.0. The summed E-state index contributed by atoms with van der Waals surface area (Å²) in [5.41, 5.74) is 1.42. The van der Waals surface area contributed by atoms with Gasteiger partial charge in [0.05, 0.1) is 11.4 Å². The van der Waals surface area contributed by atoms with E-state index in [2.05, 4.69) is 15.9 Å². The Morgan fingerprint density at radius 1 is 1.13 bits per heavy atom. The molecule has 1 saturated heterocycles. The van der Waals surface area contributed by atoms with E-state index in [1.807, 2.05) is 24.3 Å². The van der Waals surface area contributed by atoms with Crippen LogP contribution >= 0.6 is 27.7 Å². The van der Waals surface area contributed by atoms with Crippen LogP contribution in [-0.4, -0.2) is 16.0 Å². The van der Waals surface area contributed by atoms with E-state index in [9.17, 15) is 14.0 Å². The zero-order valence-electron chi connectivity index (χ0n) is 11.8. The van der Waals surface area contributed by atoms with Crippen molar-refractivity contribution < 1.29 is 14.0 Å². The molecule has 0 radical (unpaired) electrons. The van der Waals surface area contributed by atoms with E-state index in [0.717, 1.165) is 21.8 Å². The molecule has 0 saturated carbocycles. The second-order valence-corrected chi connectivity index (χ2v) is 6.86. The Kier molecular flexibility index (Phi) is 4.63. The minimum atomic E-state index is -0.382. The molecule has 0 unspecified atom stereocenters. The fourth-order valence-corrected chi connectivity index (χ4v) is 3.26. The van der Waals surface area contributed by atoms with Gasteiger partial charge in [0, 0.05) is 4.47 Å². The van der Waals surface area contributed by atoms with Gasteiger partial charge < -0.3 is 0 Å². The molecular weight excluding hydrogens is 381 g/mol. The number of hydrogen-bond donors (Lipinski definition) is 0. The van der Waals surface area contributed by atoms with Crippen molar-refractivity contribution in [1.29, 1.82) is 0 Å². The molecule has 23 heavy (non-hydrogen) atoms. The third kappa shape index (κ3) is 3.71. The molecule has 1 aliphatic heterocycles. The van der Waals surface area contributed by atoms with Crippen LogP contribution in [0.1, 0.15) is 11.1 Å². The van der Waals surface area contributed by atoms with Crippen LogP contribution in [0, 0.1) is 5.82 Å². The zero-order chi connectivity index (χ0) is 16.4. The van der Waals surface area contributed by atoms with E-state index < -0.39 is 0 Å². The monoisotopic (exact) mass is 391 g/mol. The van der Waals surface area contributed by atoms with Crippen molar-refractivity contribution >= 4 is 44.9 Å². The highest BCUT2D eigenvalue weighted by Crippen LogP contribution is 2.33. The molecule has 2 amide bonds. The third-order valence-electron chi connectivity index (χ3n) is 3.27.